The maximum atomic E-state index is 12.6. The van der Waals surface area contributed by atoms with Gasteiger partial charge in [0.25, 0.3) is 0 Å². The van der Waals surface area contributed by atoms with Gasteiger partial charge in [-0.05, 0) is 31.6 Å². The Hall–Kier alpha value is -1.36. The number of nitrogens with zero attached hydrogens (tertiary/aromatic N) is 2. The van der Waals surface area contributed by atoms with Crippen LogP contribution in [-0.2, 0) is 9.59 Å². The number of fused-ring (bicyclic) bond motifs is 1. The topological polar surface area (TPSA) is 60.9 Å². The van der Waals surface area contributed by atoms with Gasteiger partial charge in [-0.2, -0.15) is 0 Å². The molecule has 0 radical (unpaired) electrons. The number of rotatable bonds is 4. The Bertz CT molecular complexity index is 451. The van der Waals surface area contributed by atoms with Crippen LogP contribution in [0.15, 0.2) is 12.7 Å². The van der Waals surface area contributed by atoms with Crippen molar-refractivity contribution in [1.29, 1.82) is 0 Å². The fraction of sp³-hybridized carbons (Fsp3) is 0.750. The lowest BCUT2D eigenvalue weighted by Gasteiger charge is -2.36. The van der Waals surface area contributed by atoms with Crippen molar-refractivity contribution in [3.63, 3.8) is 0 Å². The number of amides is 1. The zero-order chi connectivity index (χ0) is 15.0. The molecule has 0 spiro atoms. The van der Waals surface area contributed by atoms with E-state index in [4.69, 9.17) is 0 Å². The van der Waals surface area contributed by atoms with Crippen LogP contribution in [0, 0.1) is 5.92 Å². The summed E-state index contributed by atoms with van der Waals surface area (Å²) in [5, 5.41) is 9.56. The molecule has 4 unspecified atom stereocenters. The predicted octanol–water partition coefficient (Wildman–Crippen LogP) is 1.49. The number of hydrogen-bond donors (Lipinski definition) is 1. The molecule has 3 rings (SSSR count). The highest BCUT2D eigenvalue weighted by molar-refractivity contribution is 5.85. The maximum Gasteiger partial charge on any atom is 0.320 e. The first-order valence-corrected chi connectivity index (χ1v) is 8.03. The Kier molecular flexibility index (Phi) is 4.02. The van der Waals surface area contributed by atoms with Crippen LogP contribution in [0.3, 0.4) is 0 Å². The average Bonchev–Trinajstić information content (AvgIpc) is 3.01. The summed E-state index contributed by atoms with van der Waals surface area (Å²) in [7, 11) is 0. The minimum Gasteiger partial charge on any atom is -0.480 e. The largest absolute Gasteiger partial charge is 0.480 e. The molecule has 2 aliphatic heterocycles. The minimum absolute atomic E-state index is 0.0902. The van der Waals surface area contributed by atoms with Gasteiger partial charge in [0.05, 0.1) is 6.04 Å². The summed E-state index contributed by atoms with van der Waals surface area (Å²) in [6.45, 7) is 4.97. The molecule has 0 bridgehead atoms. The molecule has 4 atom stereocenters. The second-order valence-electron chi connectivity index (χ2n) is 6.53. The smallest absolute Gasteiger partial charge is 0.320 e. The zero-order valence-corrected chi connectivity index (χ0v) is 12.4. The number of carbonyl (C=O) groups is 2. The SMILES string of the molecule is C=CCN1CCC(N2C(C(=O)O)CC3CCCCC32)C1=O. The number of carboxylic acids is 1. The van der Waals surface area contributed by atoms with E-state index in [2.05, 4.69) is 11.5 Å². The van der Waals surface area contributed by atoms with Crippen LogP contribution in [0.1, 0.15) is 38.5 Å². The second kappa shape index (κ2) is 5.79. The van der Waals surface area contributed by atoms with Crippen LogP contribution >= 0.6 is 0 Å². The molecule has 1 aliphatic carbocycles. The molecule has 5 nitrogen and oxygen atoms in total. The van der Waals surface area contributed by atoms with Crippen molar-refractivity contribution in [2.45, 2.75) is 56.7 Å². The van der Waals surface area contributed by atoms with Gasteiger partial charge in [-0.1, -0.05) is 18.9 Å². The Morgan fingerprint density at radius 1 is 1.33 bits per heavy atom. The van der Waals surface area contributed by atoms with E-state index >= 15 is 0 Å². The van der Waals surface area contributed by atoms with Gasteiger partial charge in [0.2, 0.25) is 5.91 Å². The number of carbonyl (C=O) groups excluding carboxylic acids is 1. The molecule has 3 fully saturated rings. The van der Waals surface area contributed by atoms with Crippen LogP contribution in [0.2, 0.25) is 0 Å². The average molecular weight is 292 g/mol. The summed E-state index contributed by atoms with van der Waals surface area (Å²) >= 11 is 0. The lowest BCUT2D eigenvalue weighted by molar-refractivity contribution is -0.145. The van der Waals surface area contributed by atoms with Crippen molar-refractivity contribution in [2.75, 3.05) is 13.1 Å². The van der Waals surface area contributed by atoms with Crippen molar-refractivity contribution >= 4 is 11.9 Å². The quantitative estimate of drug-likeness (QED) is 0.798. The molecule has 5 heteroatoms. The van der Waals surface area contributed by atoms with Crippen molar-refractivity contribution in [3.05, 3.63) is 12.7 Å². The highest BCUT2D eigenvalue weighted by Crippen LogP contribution is 2.42. The molecule has 3 aliphatic rings. The summed E-state index contributed by atoms with van der Waals surface area (Å²) in [5.74, 6) is -0.215. The molecular formula is C16H24N2O3. The molecule has 1 N–H and O–H groups in total. The van der Waals surface area contributed by atoms with E-state index in [1.54, 1.807) is 11.0 Å². The van der Waals surface area contributed by atoms with Crippen LogP contribution in [-0.4, -0.2) is 58.0 Å². The predicted molar refractivity (Wildman–Crippen MR) is 78.8 cm³/mol. The number of carboxylic acid groups (broad SMARTS) is 1. The monoisotopic (exact) mass is 292 g/mol. The fourth-order valence-electron chi connectivity index (χ4n) is 4.51. The molecule has 2 saturated heterocycles. The van der Waals surface area contributed by atoms with E-state index < -0.39 is 12.0 Å². The first-order valence-electron chi connectivity index (χ1n) is 8.03. The van der Waals surface area contributed by atoms with Gasteiger partial charge in [0, 0.05) is 19.1 Å². The highest BCUT2D eigenvalue weighted by atomic mass is 16.4. The van der Waals surface area contributed by atoms with Gasteiger partial charge >= 0.3 is 5.97 Å². The third-order valence-electron chi connectivity index (χ3n) is 5.40. The maximum absolute atomic E-state index is 12.6. The van der Waals surface area contributed by atoms with E-state index in [1.807, 2.05) is 0 Å². The molecule has 1 amide bonds. The van der Waals surface area contributed by atoms with Gasteiger partial charge in [0.1, 0.15) is 6.04 Å². The van der Waals surface area contributed by atoms with Crippen molar-refractivity contribution < 1.29 is 14.7 Å². The molecule has 0 aromatic rings. The van der Waals surface area contributed by atoms with Crippen molar-refractivity contribution in [3.8, 4) is 0 Å². The summed E-state index contributed by atoms with van der Waals surface area (Å²) < 4.78 is 0. The fourth-order valence-corrected chi connectivity index (χ4v) is 4.51. The highest BCUT2D eigenvalue weighted by Gasteiger charge is 2.51. The minimum atomic E-state index is -0.764. The van der Waals surface area contributed by atoms with Crippen LogP contribution in [0.25, 0.3) is 0 Å². The standard InChI is InChI=1S/C16H24N2O3/c1-2-8-17-9-7-13(15(17)19)18-12-6-4-3-5-11(12)10-14(18)16(20)21/h2,11-14H,1,3-10H2,(H,20,21). The summed E-state index contributed by atoms with van der Waals surface area (Å²) in [5.41, 5.74) is 0. The number of likely N-dealkylation sites (tertiary alicyclic amines) is 2. The molecule has 1 saturated carbocycles. The lowest BCUT2D eigenvalue weighted by atomic mass is 9.84. The van der Waals surface area contributed by atoms with Crippen molar-refractivity contribution in [2.24, 2.45) is 5.92 Å². The Morgan fingerprint density at radius 3 is 2.81 bits per heavy atom. The first-order chi connectivity index (χ1) is 10.1. The van der Waals surface area contributed by atoms with Crippen LogP contribution in [0.5, 0.6) is 0 Å². The second-order valence-corrected chi connectivity index (χ2v) is 6.53. The van der Waals surface area contributed by atoms with Gasteiger partial charge in [-0.25, -0.2) is 0 Å². The normalized spacial score (nSPS) is 36.8. The Labute approximate surface area is 125 Å². The van der Waals surface area contributed by atoms with E-state index in [0.717, 1.165) is 32.2 Å². The zero-order valence-electron chi connectivity index (χ0n) is 12.4. The molecule has 0 aromatic heterocycles. The Balaban J connectivity index is 1.82. The molecule has 0 aromatic carbocycles. The number of hydrogen-bond acceptors (Lipinski definition) is 3. The van der Waals surface area contributed by atoms with Gasteiger partial charge in [-0.15, -0.1) is 6.58 Å². The molecular weight excluding hydrogens is 268 g/mol. The van der Waals surface area contributed by atoms with E-state index in [0.29, 0.717) is 18.9 Å². The third kappa shape index (κ3) is 2.48. The van der Waals surface area contributed by atoms with E-state index in [-0.39, 0.29) is 18.0 Å². The molecule has 116 valence electrons. The first kappa shape index (κ1) is 14.6. The van der Waals surface area contributed by atoms with Gasteiger partial charge in [-0.3, -0.25) is 14.5 Å². The number of aliphatic carboxylic acids is 1. The molecule has 2 heterocycles. The van der Waals surface area contributed by atoms with E-state index in [9.17, 15) is 14.7 Å². The van der Waals surface area contributed by atoms with Gasteiger partial charge in [0.15, 0.2) is 0 Å². The molecule has 21 heavy (non-hydrogen) atoms. The van der Waals surface area contributed by atoms with Crippen LogP contribution in [0.4, 0.5) is 0 Å². The van der Waals surface area contributed by atoms with Crippen molar-refractivity contribution in [1.82, 2.24) is 9.80 Å². The van der Waals surface area contributed by atoms with Crippen LogP contribution < -0.4 is 0 Å². The summed E-state index contributed by atoms with van der Waals surface area (Å²) in [6.07, 6.45) is 7.71. The lowest BCUT2D eigenvalue weighted by Crippen LogP contribution is -2.51. The van der Waals surface area contributed by atoms with E-state index in [1.165, 1.54) is 6.42 Å². The summed E-state index contributed by atoms with van der Waals surface area (Å²) in [4.78, 5) is 28.1. The summed E-state index contributed by atoms with van der Waals surface area (Å²) in [6, 6.07) is -0.424. The third-order valence-corrected chi connectivity index (χ3v) is 5.40. The van der Waals surface area contributed by atoms with Gasteiger partial charge < -0.3 is 10.0 Å². The Morgan fingerprint density at radius 2 is 2.10 bits per heavy atom.